The van der Waals surface area contributed by atoms with Crippen molar-refractivity contribution in [1.29, 1.82) is 0 Å². The van der Waals surface area contributed by atoms with Crippen LogP contribution in [0.1, 0.15) is 45.4 Å². The third-order valence-corrected chi connectivity index (χ3v) is 3.65. The summed E-state index contributed by atoms with van der Waals surface area (Å²) in [5.41, 5.74) is 0. The van der Waals surface area contributed by atoms with Crippen LogP contribution in [0.4, 0.5) is 0 Å². The molecule has 2 atom stereocenters. The maximum absolute atomic E-state index is 11.7. The average molecular weight is 359 g/mol. The zero-order valence-corrected chi connectivity index (χ0v) is 14.7. The Balaban J connectivity index is 2.00. The molecule has 0 aliphatic carbocycles. The lowest BCUT2D eigenvalue weighted by atomic mass is 10.1. The van der Waals surface area contributed by atoms with Crippen LogP contribution in [0.5, 0.6) is 0 Å². The van der Waals surface area contributed by atoms with E-state index in [1.165, 1.54) is 0 Å². The summed E-state index contributed by atoms with van der Waals surface area (Å²) < 4.78 is 21.0. The van der Waals surface area contributed by atoms with E-state index in [9.17, 15) is 14.4 Å². The molecule has 8 nitrogen and oxygen atoms in total. The Morgan fingerprint density at radius 2 is 1.72 bits per heavy atom. The van der Waals surface area contributed by atoms with Crippen molar-refractivity contribution in [3.63, 3.8) is 0 Å². The first-order chi connectivity index (χ1) is 11.8. The molecule has 0 spiro atoms. The Bertz CT molecular complexity index is 450. The molecule has 1 aliphatic rings. The van der Waals surface area contributed by atoms with Crippen molar-refractivity contribution < 1.29 is 38.4 Å². The van der Waals surface area contributed by atoms with Gasteiger partial charge in [-0.2, -0.15) is 0 Å². The van der Waals surface area contributed by atoms with Gasteiger partial charge in [0, 0.05) is 6.42 Å². The van der Waals surface area contributed by atoms with Crippen molar-refractivity contribution in [3.8, 4) is 0 Å². The smallest absolute Gasteiger partial charge is 0.306 e. The first-order valence-corrected chi connectivity index (χ1v) is 8.43. The molecule has 0 aromatic carbocycles. The molecule has 1 rings (SSSR count). The predicted octanol–water partition coefficient (Wildman–Crippen LogP) is 0.940. The molecule has 2 unspecified atom stereocenters. The van der Waals surface area contributed by atoms with Crippen molar-refractivity contribution in [2.45, 2.75) is 57.3 Å². The van der Waals surface area contributed by atoms with E-state index in [1.54, 1.807) is 6.92 Å². The molecular formula is C17H27O8+. The number of rotatable bonds is 12. The SMILES string of the molecule is [CH2+]C(=O)CCC(=O)OCCCCOC(=O)CCC1(C)OCC(CO)O1. The Morgan fingerprint density at radius 1 is 1.12 bits per heavy atom. The highest BCUT2D eigenvalue weighted by Crippen LogP contribution is 2.27. The van der Waals surface area contributed by atoms with Gasteiger partial charge in [0.05, 0.1) is 45.7 Å². The Morgan fingerprint density at radius 3 is 2.24 bits per heavy atom. The maximum Gasteiger partial charge on any atom is 0.306 e. The summed E-state index contributed by atoms with van der Waals surface area (Å²) in [5.74, 6) is -1.94. The number of aliphatic hydroxyl groups is 1. The molecule has 142 valence electrons. The highest BCUT2D eigenvalue weighted by molar-refractivity contribution is 5.85. The van der Waals surface area contributed by atoms with E-state index in [2.05, 4.69) is 6.92 Å². The summed E-state index contributed by atoms with van der Waals surface area (Å²) in [5, 5.41) is 9.01. The Labute approximate surface area is 147 Å². The van der Waals surface area contributed by atoms with Crippen LogP contribution >= 0.6 is 0 Å². The van der Waals surface area contributed by atoms with Gasteiger partial charge in [0.1, 0.15) is 13.0 Å². The van der Waals surface area contributed by atoms with Crippen LogP contribution in [-0.4, -0.2) is 61.1 Å². The van der Waals surface area contributed by atoms with E-state index in [1.807, 2.05) is 0 Å². The molecule has 0 radical (unpaired) electrons. The lowest BCUT2D eigenvalue weighted by Crippen LogP contribution is -2.28. The minimum atomic E-state index is -0.865. The van der Waals surface area contributed by atoms with Crippen LogP contribution in [0.2, 0.25) is 0 Å². The molecule has 25 heavy (non-hydrogen) atoms. The molecule has 1 heterocycles. The summed E-state index contributed by atoms with van der Waals surface area (Å²) in [4.78, 5) is 33.5. The molecule has 0 bridgehead atoms. The van der Waals surface area contributed by atoms with Crippen LogP contribution in [0, 0.1) is 6.92 Å². The lowest BCUT2D eigenvalue weighted by molar-refractivity contribution is -0.170. The fourth-order valence-corrected chi connectivity index (χ4v) is 2.20. The minimum absolute atomic E-state index is 0.0391. The number of unbranched alkanes of at least 4 members (excludes halogenated alkanes) is 1. The maximum atomic E-state index is 11.7. The van der Waals surface area contributed by atoms with E-state index in [4.69, 9.17) is 24.1 Å². The minimum Gasteiger partial charge on any atom is -0.466 e. The highest BCUT2D eigenvalue weighted by atomic mass is 16.7. The van der Waals surface area contributed by atoms with Gasteiger partial charge in [-0.05, 0) is 19.8 Å². The van der Waals surface area contributed by atoms with E-state index in [0.717, 1.165) is 0 Å². The van der Waals surface area contributed by atoms with E-state index < -0.39 is 11.8 Å². The van der Waals surface area contributed by atoms with Gasteiger partial charge in [-0.1, -0.05) is 0 Å². The standard InChI is InChI=1S/C17H27O8/c1-13(19)5-6-15(20)22-9-3-4-10-23-16(21)7-8-17(2)24-12-14(11-18)25-17/h14,18H,1,3-12H2,2H3/q+1. The summed E-state index contributed by atoms with van der Waals surface area (Å²) in [6, 6.07) is 0. The fourth-order valence-electron chi connectivity index (χ4n) is 2.20. The molecular weight excluding hydrogens is 332 g/mol. The number of hydrogen-bond acceptors (Lipinski definition) is 8. The van der Waals surface area contributed by atoms with Crippen molar-refractivity contribution in [2.75, 3.05) is 26.4 Å². The van der Waals surface area contributed by atoms with Gasteiger partial charge in [-0.15, -0.1) is 0 Å². The van der Waals surface area contributed by atoms with Gasteiger partial charge in [0.15, 0.2) is 5.79 Å². The number of ether oxygens (including phenoxy) is 4. The first kappa shape index (κ1) is 21.4. The predicted molar refractivity (Wildman–Crippen MR) is 86.3 cm³/mol. The quantitative estimate of drug-likeness (QED) is 0.312. The number of Topliss-reactive ketones (excluding diaryl/α,β-unsaturated/α-hetero) is 1. The summed E-state index contributed by atoms with van der Waals surface area (Å²) in [6.45, 7) is 5.57. The Kier molecular flexibility index (Phi) is 9.48. The topological polar surface area (TPSA) is 108 Å². The van der Waals surface area contributed by atoms with Crippen molar-refractivity contribution in [3.05, 3.63) is 6.92 Å². The number of carbonyl (C=O) groups is 3. The molecule has 0 aromatic rings. The van der Waals surface area contributed by atoms with E-state index >= 15 is 0 Å². The molecule has 0 aromatic heterocycles. The zero-order chi connectivity index (χ0) is 18.7. The first-order valence-electron chi connectivity index (χ1n) is 8.43. The molecule has 1 saturated heterocycles. The molecule has 8 heteroatoms. The van der Waals surface area contributed by atoms with Crippen molar-refractivity contribution in [1.82, 2.24) is 0 Å². The average Bonchev–Trinajstić information content (AvgIpc) is 2.96. The molecule has 1 aliphatic heterocycles. The second-order valence-electron chi connectivity index (χ2n) is 6.05. The van der Waals surface area contributed by atoms with Gasteiger partial charge >= 0.3 is 17.7 Å². The van der Waals surface area contributed by atoms with E-state index in [0.29, 0.717) is 25.9 Å². The third kappa shape index (κ3) is 9.42. The highest BCUT2D eigenvalue weighted by Gasteiger charge is 2.37. The molecule has 0 saturated carbocycles. The second kappa shape index (κ2) is 11.1. The summed E-state index contributed by atoms with van der Waals surface area (Å²) >= 11 is 0. The van der Waals surface area contributed by atoms with Crippen LogP contribution in [0.3, 0.4) is 0 Å². The number of aliphatic hydroxyl groups excluding tert-OH is 1. The monoisotopic (exact) mass is 359 g/mol. The van der Waals surface area contributed by atoms with Gasteiger partial charge in [-0.3, -0.25) is 9.59 Å². The van der Waals surface area contributed by atoms with Crippen molar-refractivity contribution in [2.24, 2.45) is 0 Å². The normalized spacial score (nSPS) is 22.6. The van der Waals surface area contributed by atoms with Crippen LogP contribution in [0.25, 0.3) is 0 Å². The van der Waals surface area contributed by atoms with Gasteiger partial charge in [0.25, 0.3) is 0 Å². The van der Waals surface area contributed by atoms with Crippen LogP contribution < -0.4 is 0 Å². The van der Waals surface area contributed by atoms with E-state index in [-0.39, 0.29) is 56.9 Å². The van der Waals surface area contributed by atoms with Gasteiger partial charge in [-0.25, -0.2) is 4.79 Å². The largest absolute Gasteiger partial charge is 0.466 e. The number of hydrogen-bond donors (Lipinski definition) is 1. The second-order valence-corrected chi connectivity index (χ2v) is 6.05. The number of esters is 2. The Hall–Kier alpha value is -1.64. The van der Waals surface area contributed by atoms with Crippen LogP contribution in [-0.2, 0) is 33.3 Å². The van der Waals surface area contributed by atoms with Crippen molar-refractivity contribution >= 4 is 17.7 Å². The molecule has 1 fully saturated rings. The summed E-state index contributed by atoms with van der Waals surface area (Å²) in [6.07, 6.45) is 1.42. The molecule has 1 N–H and O–H groups in total. The fraction of sp³-hybridized carbons (Fsp3) is 0.765. The molecule has 0 amide bonds. The van der Waals surface area contributed by atoms with Gasteiger partial charge < -0.3 is 24.1 Å². The summed E-state index contributed by atoms with van der Waals surface area (Å²) in [7, 11) is 0. The number of ketones is 1. The third-order valence-electron chi connectivity index (χ3n) is 3.65. The van der Waals surface area contributed by atoms with Crippen LogP contribution in [0.15, 0.2) is 0 Å². The van der Waals surface area contributed by atoms with Gasteiger partial charge in [0.2, 0.25) is 0 Å². The zero-order valence-electron chi connectivity index (χ0n) is 14.7. The number of carbonyl (C=O) groups excluding carboxylic acids is 3. The lowest BCUT2D eigenvalue weighted by Gasteiger charge is -2.22.